The van der Waals surface area contributed by atoms with E-state index in [9.17, 15) is 14.7 Å². The molecule has 1 aromatic rings. The average molecular weight is 210 g/mol. The number of nitrogens with one attached hydrogen (secondary N) is 1. The summed E-state index contributed by atoms with van der Waals surface area (Å²) in [6.07, 6.45) is 0.479. The lowest BCUT2D eigenvalue weighted by atomic mass is 10.1. The largest absolute Gasteiger partial charge is 0.504 e. The molecular weight excluding hydrogens is 200 g/mol. The number of carbonyl (C=O) groups excluding carboxylic acids is 2. The van der Waals surface area contributed by atoms with E-state index in [1.807, 2.05) is 5.43 Å². The van der Waals surface area contributed by atoms with Crippen molar-refractivity contribution < 1.29 is 19.4 Å². The van der Waals surface area contributed by atoms with Crippen LogP contribution in [0.2, 0.25) is 0 Å². The number of rotatable bonds is 3. The fraction of sp³-hybridized carbons (Fsp3) is 0.111. The molecule has 0 saturated heterocycles. The van der Waals surface area contributed by atoms with Crippen LogP contribution in [0.15, 0.2) is 12.1 Å². The molecule has 0 fully saturated rings. The number of amides is 1. The molecule has 0 saturated carbocycles. The van der Waals surface area contributed by atoms with Crippen molar-refractivity contribution in [1.82, 2.24) is 5.43 Å². The van der Waals surface area contributed by atoms with Crippen molar-refractivity contribution >= 4 is 12.2 Å². The van der Waals surface area contributed by atoms with Gasteiger partial charge in [-0.25, -0.2) is 5.84 Å². The van der Waals surface area contributed by atoms with E-state index in [1.165, 1.54) is 19.2 Å². The number of hydrogen-bond acceptors (Lipinski definition) is 5. The summed E-state index contributed by atoms with van der Waals surface area (Å²) in [7, 11) is 1.27. The highest BCUT2D eigenvalue weighted by Crippen LogP contribution is 2.31. The molecule has 0 radical (unpaired) electrons. The number of aromatic hydroxyl groups is 1. The number of phenolic OH excluding ortho intramolecular Hbond substituents is 1. The number of phenols is 1. The predicted molar refractivity (Wildman–Crippen MR) is 51.7 cm³/mol. The molecule has 0 aromatic heterocycles. The molecular formula is C9H10N2O4. The molecule has 80 valence electrons. The second kappa shape index (κ2) is 4.43. The number of hydrogen-bond donors (Lipinski definition) is 3. The van der Waals surface area contributed by atoms with Crippen molar-refractivity contribution in [3.8, 4) is 11.5 Å². The van der Waals surface area contributed by atoms with Crippen LogP contribution in [0.4, 0.5) is 0 Å². The number of ether oxygens (including phenoxy) is 1. The molecule has 0 spiro atoms. The van der Waals surface area contributed by atoms with Gasteiger partial charge in [-0.05, 0) is 12.1 Å². The first kappa shape index (κ1) is 11.0. The third-order valence-corrected chi connectivity index (χ3v) is 1.86. The van der Waals surface area contributed by atoms with Crippen molar-refractivity contribution in [2.75, 3.05) is 7.11 Å². The lowest BCUT2D eigenvalue weighted by Crippen LogP contribution is -2.31. The predicted octanol–water partition coefficient (Wildman–Crippen LogP) is -0.183. The number of hydrazine groups is 1. The smallest absolute Gasteiger partial charge is 0.269 e. The normalized spacial score (nSPS) is 9.47. The minimum Gasteiger partial charge on any atom is -0.504 e. The third kappa shape index (κ3) is 1.89. The zero-order valence-electron chi connectivity index (χ0n) is 7.98. The number of nitrogen functional groups attached to an aromatic ring is 1. The van der Waals surface area contributed by atoms with Crippen LogP contribution in [0.5, 0.6) is 11.5 Å². The van der Waals surface area contributed by atoms with Gasteiger partial charge in [-0.3, -0.25) is 15.0 Å². The average Bonchev–Trinajstić information content (AvgIpc) is 2.27. The molecule has 0 heterocycles. The van der Waals surface area contributed by atoms with Gasteiger partial charge in [-0.1, -0.05) is 0 Å². The van der Waals surface area contributed by atoms with Crippen molar-refractivity contribution in [3.05, 3.63) is 23.3 Å². The maximum absolute atomic E-state index is 11.3. The standard InChI is InChI=1S/C9H10N2O4/c1-15-8-6(13)3-2-5(4-12)7(8)9(14)11-10/h2-4,13H,10H2,1H3,(H,11,14). The van der Waals surface area contributed by atoms with Crippen LogP contribution in [0.1, 0.15) is 20.7 Å². The van der Waals surface area contributed by atoms with Gasteiger partial charge in [0.05, 0.1) is 12.7 Å². The Hall–Kier alpha value is -2.08. The molecule has 0 aliphatic heterocycles. The number of nitrogens with two attached hydrogens (primary N) is 1. The van der Waals surface area contributed by atoms with Gasteiger partial charge in [0.2, 0.25) is 0 Å². The van der Waals surface area contributed by atoms with Crippen LogP contribution in [-0.4, -0.2) is 24.4 Å². The van der Waals surface area contributed by atoms with Gasteiger partial charge in [0.25, 0.3) is 5.91 Å². The Labute approximate surface area is 85.6 Å². The van der Waals surface area contributed by atoms with Gasteiger partial charge in [0, 0.05) is 5.56 Å². The molecule has 0 atom stereocenters. The maximum atomic E-state index is 11.3. The number of aldehydes is 1. The quantitative estimate of drug-likeness (QED) is 0.278. The molecule has 0 aliphatic rings. The maximum Gasteiger partial charge on any atom is 0.269 e. The van der Waals surface area contributed by atoms with E-state index < -0.39 is 5.91 Å². The summed E-state index contributed by atoms with van der Waals surface area (Å²) in [5.74, 6) is 3.93. The first-order valence-corrected chi connectivity index (χ1v) is 4.01. The fourth-order valence-corrected chi connectivity index (χ4v) is 1.20. The summed E-state index contributed by atoms with van der Waals surface area (Å²) >= 11 is 0. The van der Waals surface area contributed by atoms with E-state index >= 15 is 0 Å². The van der Waals surface area contributed by atoms with E-state index in [4.69, 9.17) is 10.6 Å². The SMILES string of the molecule is COc1c(O)ccc(C=O)c1C(=O)NN. The van der Waals surface area contributed by atoms with Gasteiger partial charge in [-0.15, -0.1) is 0 Å². The Morgan fingerprint density at radius 2 is 2.27 bits per heavy atom. The van der Waals surface area contributed by atoms with E-state index in [2.05, 4.69) is 0 Å². The van der Waals surface area contributed by atoms with E-state index in [1.54, 1.807) is 0 Å². The number of methoxy groups -OCH3 is 1. The molecule has 1 rings (SSSR count). The van der Waals surface area contributed by atoms with Crippen LogP contribution in [-0.2, 0) is 0 Å². The minimum absolute atomic E-state index is 0.0810. The van der Waals surface area contributed by atoms with E-state index in [-0.39, 0.29) is 22.6 Å². The zero-order valence-corrected chi connectivity index (χ0v) is 7.98. The summed E-state index contributed by atoms with van der Waals surface area (Å²) in [5.41, 5.74) is 1.87. The van der Waals surface area contributed by atoms with Gasteiger partial charge in [0.1, 0.15) is 0 Å². The molecule has 1 amide bonds. The van der Waals surface area contributed by atoms with Gasteiger partial charge in [0.15, 0.2) is 17.8 Å². The van der Waals surface area contributed by atoms with Crippen molar-refractivity contribution in [1.29, 1.82) is 0 Å². The third-order valence-electron chi connectivity index (χ3n) is 1.86. The highest BCUT2D eigenvalue weighted by atomic mass is 16.5. The van der Waals surface area contributed by atoms with Gasteiger partial charge >= 0.3 is 0 Å². The topological polar surface area (TPSA) is 102 Å². The molecule has 0 bridgehead atoms. The van der Waals surface area contributed by atoms with Crippen molar-refractivity contribution in [3.63, 3.8) is 0 Å². The zero-order chi connectivity index (χ0) is 11.4. The second-order valence-electron chi connectivity index (χ2n) is 2.67. The molecule has 6 heteroatoms. The first-order chi connectivity index (χ1) is 7.15. The summed E-state index contributed by atoms with van der Waals surface area (Å²) in [5, 5.41) is 9.39. The Morgan fingerprint density at radius 3 is 2.73 bits per heavy atom. The van der Waals surface area contributed by atoms with Crippen molar-refractivity contribution in [2.24, 2.45) is 5.84 Å². The van der Waals surface area contributed by atoms with Crippen molar-refractivity contribution in [2.45, 2.75) is 0 Å². The Bertz CT molecular complexity index is 403. The van der Waals surface area contributed by atoms with Gasteiger partial charge in [-0.2, -0.15) is 0 Å². The van der Waals surface area contributed by atoms with Crippen LogP contribution >= 0.6 is 0 Å². The van der Waals surface area contributed by atoms with Crippen LogP contribution in [0.3, 0.4) is 0 Å². The van der Waals surface area contributed by atoms with Crippen LogP contribution in [0.25, 0.3) is 0 Å². The van der Waals surface area contributed by atoms with Crippen LogP contribution in [0, 0.1) is 0 Å². The second-order valence-corrected chi connectivity index (χ2v) is 2.67. The molecule has 15 heavy (non-hydrogen) atoms. The summed E-state index contributed by atoms with van der Waals surface area (Å²) in [6.45, 7) is 0. The van der Waals surface area contributed by atoms with Crippen LogP contribution < -0.4 is 16.0 Å². The van der Waals surface area contributed by atoms with E-state index in [0.29, 0.717) is 6.29 Å². The molecule has 6 nitrogen and oxygen atoms in total. The monoisotopic (exact) mass is 210 g/mol. The summed E-state index contributed by atoms with van der Waals surface area (Å²) in [4.78, 5) is 22.0. The lowest BCUT2D eigenvalue weighted by molar-refractivity contribution is 0.0944. The van der Waals surface area contributed by atoms with Gasteiger partial charge < -0.3 is 9.84 Å². The van der Waals surface area contributed by atoms with E-state index in [0.717, 1.165) is 0 Å². The molecule has 1 aromatic carbocycles. The highest BCUT2D eigenvalue weighted by Gasteiger charge is 2.19. The highest BCUT2D eigenvalue weighted by molar-refractivity contribution is 6.04. The summed E-state index contributed by atoms with van der Waals surface area (Å²) < 4.78 is 4.82. The Kier molecular flexibility index (Phi) is 3.25. The Morgan fingerprint density at radius 1 is 1.60 bits per heavy atom. The summed E-state index contributed by atoms with van der Waals surface area (Å²) in [6, 6.07) is 2.56. The first-order valence-electron chi connectivity index (χ1n) is 4.01. The molecule has 0 aliphatic carbocycles. The Balaban J connectivity index is 3.46. The minimum atomic E-state index is -0.704. The number of carbonyl (C=O) groups is 2. The molecule has 4 N–H and O–H groups in total. The number of benzene rings is 1. The lowest BCUT2D eigenvalue weighted by Gasteiger charge is -2.10. The molecule has 0 unspecified atom stereocenters. The fourth-order valence-electron chi connectivity index (χ4n) is 1.20.